The number of nitrogens with zero attached hydrogens (tertiary/aromatic N) is 2. The zero-order valence-electron chi connectivity index (χ0n) is 13.6. The van der Waals surface area contributed by atoms with Crippen molar-refractivity contribution >= 4 is 23.6 Å². The summed E-state index contributed by atoms with van der Waals surface area (Å²) in [5, 5.41) is 12.5. The zero-order valence-corrected chi connectivity index (χ0v) is 14.4. The molecule has 26 heavy (non-hydrogen) atoms. The number of halogens is 1. The molecule has 0 unspecified atom stereocenters. The molecule has 1 N–H and O–H groups in total. The van der Waals surface area contributed by atoms with Gasteiger partial charge in [0, 0.05) is 30.6 Å². The van der Waals surface area contributed by atoms with Crippen molar-refractivity contribution in [1.29, 1.82) is 5.26 Å². The molecule has 3 rings (SSSR count). The number of nitrogens with one attached hydrogen (secondary N) is 1. The molecule has 0 radical (unpaired) electrons. The van der Waals surface area contributed by atoms with Crippen molar-refractivity contribution in [2.45, 2.75) is 6.54 Å². The highest BCUT2D eigenvalue weighted by Crippen LogP contribution is 2.29. The molecule has 6 heteroatoms. The van der Waals surface area contributed by atoms with Crippen molar-refractivity contribution in [3.8, 4) is 17.4 Å². The van der Waals surface area contributed by atoms with Gasteiger partial charge in [0.2, 0.25) is 0 Å². The maximum absolute atomic E-state index is 12.2. The Kier molecular flexibility index (Phi) is 5.47. The summed E-state index contributed by atoms with van der Waals surface area (Å²) >= 11 is 6.15. The first-order valence-electron chi connectivity index (χ1n) is 7.81. The molecule has 0 aliphatic carbocycles. The van der Waals surface area contributed by atoms with E-state index >= 15 is 0 Å². The van der Waals surface area contributed by atoms with Gasteiger partial charge in [-0.15, -0.1) is 0 Å². The van der Waals surface area contributed by atoms with Gasteiger partial charge in [-0.3, -0.25) is 9.78 Å². The van der Waals surface area contributed by atoms with Crippen LogP contribution in [0.1, 0.15) is 11.3 Å². The molecule has 0 fully saturated rings. The number of hydrogen-bond acceptors (Lipinski definition) is 4. The summed E-state index contributed by atoms with van der Waals surface area (Å²) in [6.07, 6.45) is 4.71. The number of nitriles is 1. The molecule has 0 spiro atoms. The van der Waals surface area contributed by atoms with E-state index in [1.165, 1.54) is 6.08 Å². The van der Waals surface area contributed by atoms with Crippen LogP contribution in [0.4, 0.5) is 0 Å². The predicted molar refractivity (Wildman–Crippen MR) is 98.8 cm³/mol. The standard InChI is InChI=1S/C20H14ClN3O2/c21-18-6-2-1-5-17(18)19-8-7-16(26-19)10-15(11-22)20(25)24-13-14-4-3-9-23-12-14/h1-10,12H,13H2,(H,24,25). The summed E-state index contributed by atoms with van der Waals surface area (Å²) in [6, 6.07) is 16.2. The van der Waals surface area contributed by atoms with Crippen LogP contribution in [0.25, 0.3) is 17.4 Å². The van der Waals surface area contributed by atoms with Crippen molar-refractivity contribution in [3.05, 3.63) is 82.8 Å². The smallest absolute Gasteiger partial charge is 0.262 e. The van der Waals surface area contributed by atoms with E-state index in [4.69, 9.17) is 16.0 Å². The third kappa shape index (κ3) is 4.18. The Hall–Kier alpha value is -3.36. The monoisotopic (exact) mass is 363 g/mol. The van der Waals surface area contributed by atoms with Crippen LogP contribution in [-0.2, 0) is 11.3 Å². The minimum absolute atomic E-state index is 0.0473. The summed E-state index contributed by atoms with van der Waals surface area (Å²) < 4.78 is 5.69. The number of amides is 1. The largest absolute Gasteiger partial charge is 0.457 e. The van der Waals surface area contributed by atoms with Gasteiger partial charge in [-0.1, -0.05) is 29.8 Å². The van der Waals surface area contributed by atoms with E-state index in [0.717, 1.165) is 11.1 Å². The fourth-order valence-corrected chi connectivity index (χ4v) is 2.54. The molecular formula is C20H14ClN3O2. The summed E-state index contributed by atoms with van der Waals surface area (Å²) in [6.45, 7) is 0.286. The lowest BCUT2D eigenvalue weighted by atomic mass is 10.2. The van der Waals surface area contributed by atoms with Gasteiger partial charge in [-0.05, 0) is 35.9 Å². The molecule has 1 amide bonds. The van der Waals surface area contributed by atoms with Gasteiger partial charge in [-0.2, -0.15) is 5.26 Å². The van der Waals surface area contributed by atoms with Gasteiger partial charge in [0.15, 0.2) is 0 Å². The maximum Gasteiger partial charge on any atom is 0.262 e. The number of rotatable bonds is 5. The Morgan fingerprint density at radius 3 is 2.81 bits per heavy atom. The highest BCUT2D eigenvalue weighted by Gasteiger charge is 2.12. The second-order valence-corrected chi connectivity index (χ2v) is 5.80. The summed E-state index contributed by atoms with van der Waals surface area (Å²) in [7, 11) is 0. The Labute approximate surface area is 155 Å². The fourth-order valence-electron chi connectivity index (χ4n) is 2.31. The number of pyridine rings is 1. The van der Waals surface area contributed by atoms with Crippen LogP contribution in [0, 0.1) is 11.3 Å². The SMILES string of the molecule is N#CC(=Cc1ccc(-c2ccccc2Cl)o1)C(=O)NCc1cccnc1. The van der Waals surface area contributed by atoms with Crippen molar-refractivity contribution in [3.63, 3.8) is 0 Å². The van der Waals surface area contributed by atoms with E-state index in [9.17, 15) is 10.1 Å². The van der Waals surface area contributed by atoms with Crippen molar-refractivity contribution in [1.82, 2.24) is 10.3 Å². The molecule has 1 aromatic carbocycles. The van der Waals surface area contributed by atoms with Crippen LogP contribution in [0.15, 0.2) is 70.9 Å². The number of aromatic nitrogens is 1. The molecule has 0 saturated carbocycles. The molecule has 128 valence electrons. The second kappa shape index (κ2) is 8.15. The van der Waals surface area contributed by atoms with Gasteiger partial charge < -0.3 is 9.73 Å². The van der Waals surface area contributed by atoms with Gasteiger partial charge in [-0.25, -0.2) is 0 Å². The first-order valence-corrected chi connectivity index (χ1v) is 8.19. The first-order chi connectivity index (χ1) is 12.7. The van der Waals surface area contributed by atoms with Crippen LogP contribution in [0.3, 0.4) is 0 Å². The Morgan fingerprint density at radius 2 is 2.08 bits per heavy atom. The van der Waals surface area contributed by atoms with E-state index < -0.39 is 5.91 Å². The Balaban J connectivity index is 1.74. The molecule has 0 atom stereocenters. The molecule has 5 nitrogen and oxygen atoms in total. The molecule has 0 aliphatic heterocycles. The van der Waals surface area contributed by atoms with Gasteiger partial charge in [0.05, 0.1) is 5.02 Å². The lowest BCUT2D eigenvalue weighted by Gasteiger charge is -2.03. The van der Waals surface area contributed by atoms with Gasteiger partial charge in [0.25, 0.3) is 5.91 Å². The molecule has 2 heterocycles. The lowest BCUT2D eigenvalue weighted by Crippen LogP contribution is -2.23. The average Bonchev–Trinajstić information content (AvgIpc) is 3.13. The summed E-state index contributed by atoms with van der Waals surface area (Å²) in [5.41, 5.74) is 1.54. The van der Waals surface area contributed by atoms with Crippen molar-refractivity contribution in [2.24, 2.45) is 0 Å². The second-order valence-electron chi connectivity index (χ2n) is 5.40. The first kappa shape index (κ1) is 17.5. The van der Waals surface area contributed by atoms with Crippen LogP contribution >= 0.6 is 11.6 Å². The molecule has 0 saturated heterocycles. The van der Waals surface area contributed by atoms with E-state index in [2.05, 4.69) is 10.3 Å². The average molecular weight is 364 g/mol. The van der Waals surface area contributed by atoms with E-state index in [0.29, 0.717) is 16.5 Å². The number of furan rings is 1. The topological polar surface area (TPSA) is 78.9 Å². The van der Waals surface area contributed by atoms with E-state index in [1.54, 1.807) is 36.7 Å². The van der Waals surface area contributed by atoms with Crippen molar-refractivity contribution < 1.29 is 9.21 Å². The quantitative estimate of drug-likeness (QED) is 0.543. The fraction of sp³-hybridized carbons (Fsp3) is 0.0500. The highest BCUT2D eigenvalue weighted by molar-refractivity contribution is 6.33. The molecule has 0 aliphatic rings. The van der Waals surface area contributed by atoms with Gasteiger partial charge >= 0.3 is 0 Å². The normalized spacial score (nSPS) is 11.0. The number of hydrogen-bond donors (Lipinski definition) is 1. The summed E-state index contributed by atoms with van der Waals surface area (Å²) in [5.74, 6) is 0.481. The zero-order chi connectivity index (χ0) is 18.4. The maximum atomic E-state index is 12.2. The molecule has 0 bridgehead atoms. The van der Waals surface area contributed by atoms with Gasteiger partial charge in [0.1, 0.15) is 23.2 Å². The third-order valence-electron chi connectivity index (χ3n) is 3.59. The number of carbonyl (C=O) groups excluding carboxylic acids is 1. The summed E-state index contributed by atoms with van der Waals surface area (Å²) in [4.78, 5) is 16.2. The van der Waals surface area contributed by atoms with Crippen LogP contribution in [0.2, 0.25) is 5.02 Å². The lowest BCUT2D eigenvalue weighted by molar-refractivity contribution is -0.117. The third-order valence-corrected chi connectivity index (χ3v) is 3.92. The molecule has 3 aromatic rings. The van der Waals surface area contributed by atoms with E-state index in [-0.39, 0.29) is 12.1 Å². The molecular weight excluding hydrogens is 350 g/mol. The van der Waals surface area contributed by atoms with Crippen LogP contribution in [0.5, 0.6) is 0 Å². The minimum atomic E-state index is -0.480. The van der Waals surface area contributed by atoms with E-state index in [1.807, 2.05) is 30.3 Å². The highest BCUT2D eigenvalue weighted by atomic mass is 35.5. The number of benzene rings is 1. The predicted octanol–water partition coefficient (Wildman–Crippen LogP) is 4.22. The van der Waals surface area contributed by atoms with Crippen LogP contribution in [-0.4, -0.2) is 10.9 Å². The minimum Gasteiger partial charge on any atom is -0.457 e. The number of carbonyl (C=O) groups is 1. The van der Waals surface area contributed by atoms with Crippen molar-refractivity contribution in [2.75, 3.05) is 0 Å². The van der Waals surface area contributed by atoms with Crippen LogP contribution < -0.4 is 5.32 Å². The Morgan fingerprint density at radius 1 is 1.23 bits per heavy atom. The Bertz CT molecular complexity index is 988. The molecule has 2 aromatic heterocycles.